The molecule has 0 spiro atoms. The molecule has 0 atom stereocenters. The van der Waals surface area contributed by atoms with Crippen LogP contribution in [-0.4, -0.2) is 42.8 Å². The van der Waals surface area contributed by atoms with Crippen LogP contribution >= 0.6 is 0 Å². The molecule has 0 aliphatic heterocycles. The minimum atomic E-state index is -1.75. The minimum absolute atomic E-state index is 0. The molecule has 2 aromatic carbocycles. The molecule has 0 saturated heterocycles. The van der Waals surface area contributed by atoms with E-state index in [1.807, 2.05) is 12.1 Å². The SMILES string of the molecule is NCCCCNc1cccc2c1C(=O)c1ccccc1C2=O.NCCN.O=[N+]([O-])[O-].[Cl-].[Pt+2]. The van der Waals surface area contributed by atoms with Crippen LogP contribution in [0.15, 0.2) is 42.5 Å². The molecule has 1 aliphatic rings. The summed E-state index contributed by atoms with van der Waals surface area (Å²) in [5.74, 6) is -0.178. The minimum Gasteiger partial charge on any atom is -1.00 e. The zero-order valence-electron chi connectivity index (χ0n) is 17.2. The van der Waals surface area contributed by atoms with Crippen molar-refractivity contribution in [2.24, 2.45) is 17.2 Å². The van der Waals surface area contributed by atoms with Gasteiger partial charge in [-0.2, -0.15) is 0 Å². The number of fused-ring (bicyclic) bond motifs is 2. The van der Waals surface area contributed by atoms with Crippen molar-refractivity contribution >= 4 is 17.3 Å². The number of rotatable bonds is 6. The Kier molecular flexibility index (Phi) is 17.1. The van der Waals surface area contributed by atoms with Crippen molar-refractivity contribution in [2.45, 2.75) is 12.8 Å². The molecule has 0 fully saturated rings. The van der Waals surface area contributed by atoms with Gasteiger partial charge in [-0.05, 0) is 25.5 Å². The average molecular weight is 647 g/mol. The number of ketones is 2. The van der Waals surface area contributed by atoms with Gasteiger partial charge in [-0.1, -0.05) is 36.4 Å². The molecule has 32 heavy (non-hydrogen) atoms. The summed E-state index contributed by atoms with van der Waals surface area (Å²) >= 11 is 0. The van der Waals surface area contributed by atoms with E-state index in [0.717, 1.165) is 25.1 Å². The summed E-state index contributed by atoms with van der Waals surface area (Å²) < 4.78 is 0. The normalized spacial score (nSPS) is 10.5. The van der Waals surface area contributed by atoms with Crippen molar-refractivity contribution < 1.29 is 48.1 Å². The molecule has 10 nitrogen and oxygen atoms in total. The van der Waals surface area contributed by atoms with E-state index in [-0.39, 0.29) is 45.0 Å². The van der Waals surface area contributed by atoms with Crippen LogP contribution < -0.4 is 34.9 Å². The first-order chi connectivity index (χ1) is 14.4. The van der Waals surface area contributed by atoms with Crippen LogP contribution in [0.3, 0.4) is 0 Å². The van der Waals surface area contributed by atoms with Gasteiger partial charge in [-0.25, -0.2) is 0 Å². The van der Waals surface area contributed by atoms with Crippen molar-refractivity contribution in [3.63, 3.8) is 0 Å². The van der Waals surface area contributed by atoms with Gasteiger partial charge in [0.25, 0.3) is 0 Å². The predicted molar refractivity (Wildman–Crippen MR) is 115 cm³/mol. The summed E-state index contributed by atoms with van der Waals surface area (Å²) in [7, 11) is 0. The number of hydrogen-bond donors (Lipinski definition) is 4. The predicted octanol–water partition coefficient (Wildman–Crippen LogP) is -1.72. The van der Waals surface area contributed by atoms with Gasteiger partial charge >= 0.3 is 21.1 Å². The third-order valence-corrected chi connectivity index (χ3v) is 4.07. The third kappa shape index (κ3) is 9.42. The second-order valence-electron chi connectivity index (χ2n) is 6.16. The molecule has 7 N–H and O–H groups in total. The van der Waals surface area contributed by atoms with Gasteiger partial charge in [0, 0.05) is 42.0 Å². The fourth-order valence-corrected chi connectivity index (χ4v) is 2.78. The van der Waals surface area contributed by atoms with E-state index in [0.29, 0.717) is 41.9 Å². The second-order valence-corrected chi connectivity index (χ2v) is 6.16. The van der Waals surface area contributed by atoms with Crippen molar-refractivity contribution in [1.29, 1.82) is 0 Å². The van der Waals surface area contributed by atoms with E-state index in [2.05, 4.69) is 5.32 Å². The standard InChI is InChI=1S/C18H18N2O2.C2H8N2.ClH.NO3.Pt/c19-10-3-4-11-20-15-9-5-8-14-16(15)18(22)13-7-2-1-6-12(13)17(14)21;3-1-2-4;;2-1(3)4;/h1-2,5-9,20H,3-4,10-11,19H2;1-4H2;1H;;/q;;;-1;+2/p-1. The molecular formula is C20H26ClN5O5Pt. The maximum absolute atomic E-state index is 12.8. The molecule has 0 unspecified atom stereocenters. The van der Waals surface area contributed by atoms with E-state index in [1.165, 1.54) is 0 Å². The van der Waals surface area contributed by atoms with Crippen LogP contribution in [0.5, 0.6) is 0 Å². The average Bonchev–Trinajstić information content (AvgIpc) is 2.74. The van der Waals surface area contributed by atoms with E-state index >= 15 is 0 Å². The maximum Gasteiger partial charge on any atom is 2.00 e. The Balaban J connectivity index is 0. The van der Waals surface area contributed by atoms with E-state index in [4.69, 9.17) is 32.5 Å². The molecule has 0 aromatic heterocycles. The Morgan fingerprint density at radius 2 is 1.28 bits per heavy atom. The van der Waals surface area contributed by atoms with Gasteiger partial charge in [-0.3, -0.25) is 9.59 Å². The molecule has 0 heterocycles. The molecular weight excluding hydrogens is 621 g/mol. The molecule has 0 amide bonds. The number of carbonyl (C=O) groups excluding carboxylic acids is 2. The van der Waals surface area contributed by atoms with E-state index in [1.54, 1.807) is 30.3 Å². The van der Waals surface area contributed by atoms with Crippen LogP contribution in [0.1, 0.15) is 44.7 Å². The van der Waals surface area contributed by atoms with Crippen LogP contribution in [0.2, 0.25) is 0 Å². The summed E-state index contributed by atoms with van der Waals surface area (Å²) in [4.78, 5) is 33.6. The zero-order valence-corrected chi connectivity index (χ0v) is 20.2. The molecule has 0 saturated carbocycles. The molecule has 178 valence electrons. The van der Waals surface area contributed by atoms with Crippen LogP contribution in [0.4, 0.5) is 5.69 Å². The number of nitrogens with zero attached hydrogens (tertiary/aromatic N) is 1. The van der Waals surface area contributed by atoms with Crippen molar-refractivity contribution in [1.82, 2.24) is 0 Å². The number of carbonyl (C=O) groups is 2. The van der Waals surface area contributed by atoms with Crippen molar-refractivity contribution in [2.75, 3.05) is 31.5 Å². The maximum atomic E-state index is 12.8. The molecule has 3 rings (SSSR count). The van der Waals surface area contributed by atoms with Crippen molar-refractivity contribution in [3.8, 4) is 0 Å². The first-order valence-electron chi connectivity index (χ1n) is 9.36. The molecule has 12 heteroatoms. The van der Waals surface area contributed by atoms with Gasteiger partial charge in [0.15, 0.2) is 11.6 Å². The Bertz CT molecular complexity index is 879. The summed E-state index contributed by atoms with van der Waals surface area (Å²) in [5.41, 5.74) is 17.9. The van der Waals surface area contributed by atoms with Crippen LogP contribution in [0.25, 0.3) is 0 Å². The first-order valence-corrected chi connectivity index (χ1v) is 9.36. The van der Waals surface area contributed by atoms with E-state index < -0.39 is 5.09 Å². The second kappa shape index (κ2) is 17.2. The van der Waals surface area contributed by atoms with Gasteiger partial charge < -0.3 is 50.2 Å². The fraction of sp³-hybridized carbons (Fsp3) is 0.300. The number of unbranched alkanes of at least 4 members (excludes halogenated alkanes) is 1. The van der Waals surface area contributed by atoms with Crippen LogP contribution in [0, 0.1) is 15.3 Å². The largest absolute Gasteiger partial charge is 2.00 e. The number of nitrogens with one attached hydrogen (secondary N) is 1. The smallest absolute Gasteiger partial charge is 1.00 e. The Labute approximate surface area is 206 Å². The molecule has 2 aromatic rings. The monoisotopic (exact) mass is 646 g/mol. The number of halogens is 1. The van der Waals surface area contributed by atoms with Gasteiger partial charge in [-0.15, -0.1) is 0 Å². The molecule has 0 radical (unpaired) electrons. The summed E-state index contributed by atoms with van der Waals surface area (Å²) in [6.45, 7) is 2.58. The fourth-order valence-electron chi connectivity index (χ4n) is 2.78. The Hall–Kier alpha value is -2.36. The number of nitrogens with two attached hydrogens (primary N) is 3. The number of benzene rings is 2. The number of hydrogen-bond acceptors (Lipinski definition) is 9. The molecule has 0 bridgehead atoms. The first kappa shape index (κ1) is 31.8. The topological polar surface area (TPSA) is 190 Å². The van der Waals surface area contributed by atoms with E-state index in [9.17, 15) is 9.59 Å². The quantitative estimate of drug-likeness (QED) is 0.137. The summed E-state index contributed by atoms with van der Waals surface area (Å²) in [6.07, 6.45) is 1.86. The van der Waals surface area contributed by atoms with Gasteiger partial charge in [0.2, 0.25) is 0 Å². The Morgan fingerprint density at radius 1 is 0.781 bits per heavy atom. The van der Waals surface area contributed by atoms with Crippen LogP contribution in [-0.2, 0) is 21.1 Å². The zero-order chi connectivity index (χ0) is 22.5. The van der Waals surface area contributed by atoms with Gasteiger partial charge in [0.05, 0.1) is 10.7 Å². The van der Waals surface area contributed by atoms with Gasteiger partial charge in [0.1, 0.15) is 0 Å². The summed E-state index contributed by atoms with van der Waals surface area (Å²) in [6, 6.07) is 12.4. The summed E-state index contributed by atoms with van der Waals surface area (Å²) in [5, 5.41) is 18.0. The number of anilines is 1. The Morgan fingerprint density at radius 3 is 1.78 bits per heavy atom. The van der Waals surface area contributed by atoms with Crippen molar-refractivity contribution in [3.05, 3.63) is 80.0 Å². The molecule has 1 aliphatic carbocycles. The third-order valence-electron chi connectivity index (χ3n) is 4.07.